The van der Waals surface area contributed by atoms with Gasteiger partial charge in [-0.25, -0.2) is 0 Å². The van der Waals surface area contributed by atoms with Crippen molar-refractivity contribution in [2.45, 2.75) is 6.92 Å². The topological polar surface area (TPSA) is 12.4 Å². The van der Waals surface area contributed by atoms with Gasteiger partial charge in [0.2, 0.25) is 0 Å². The highest BCUT2D eigenvalue weighted by atomic mass is 32.3. The minimum absolute atomic E-state index is 0.757. The van der Waals surface area contributed by atoms with E-state index in [1.165, 1.54) is 5.56 Å². The van der Waals surface area contributed by atoms with E-state index in [4.69, 9.17) is 0 Å². The molecule has 0 fully saturated rings. The second-order valence-electron chi connectivity index (χ2n) is 4.53. The van der Waals surface area contributed by atoms with Gasteiger partial charge in [-0.1, -0.05) is 5.92 Å². The van der Waals surface area contributed by atoms with Crippen molar-refractivity contribution in [1.82, 2.24) is 0 Å². The Kier molecular flexibility index (Phi) is 5.17. The van der Waals surface area contributed by atoms with Crippen LogP contribution in [-0.4, -0.2) is 30.6 Å². The number of benzene rings is 1. The van der Waals surface area contributed by atoms with Crippen LogP contribution in [0.1, 0.15) is 11.1 Å². The quantitative estimate of drug-likeness (QED) is 0.447. The van der Waals surface area contributed by atoms with E-state index in [-0.39, 0.29) is 0 Å². The van der Waals surface area contributed by atoms with Crippen molar-refractivity contribution in [3.05, 3.63) is 29.3 Å². The van der Waals surface area contributed by atoms with Crippen molar-refractivity contribution in [2.24, 2.45) is 4.99 Å². The SMILES string of the molecule is CS/C=N/c1ccc(C#CS(C)(C)C)c(C)c1. The van der Waals surface area contributed by atoms with Crippen LogP contribution < -0.4 is 0 Å². The smallest absolute Gasteiger partial charge is 0.0639 e. The number of nitrogens with zero attached hydrogens (tertiary/aromatic N) is 1. The van der Waals surface area contributed by atoms with Crippen molar-refractivity contribution < 1.29 is 0 Å². The minimum atomic E-state index is -0.757. The molecule has 1 nitrogen and oxygen atoms in total. The van der Waals surface area contributed by atoms with Gasteiger partial charge in [-0.05, 0) is 61.0 Å². The molecule has 0 saturated carbocycles. The highest BCUT2D eigenvalue weighted by molar-refractivity contribution is 8.35. The first-order valence-electron chi connectivity index (χ1n) is 5.29. The first kappa shape index (κ1) is 14.2. The summed E-state index contributed by atoms with van der Waals surface area (Å²) < 4.78 is 0. The second-order valence-corrected chi connectivity index (χ2v) is 9.09. The van der Waals surface area contributed by atoms with Crippen LogP contribution in [0.15, 0.2) is 23.2 Å². The molecule has 0 aromatic heterocycles. The molecule has 0 bridgehead atoms. The maximum atomic E-state index is 4.33. The Balaban J connectivity index is 2.97. The van der Waals surface area contributed by atoms with Gasteiger partial charge < -0.3 is 0 Å². The van der Waals surface area contributed by atoms with Crippen LogP contribution in [0.4, 0.5) is 5.69 Å². The summed E-state index contributed by atoms with van der Waals surface area (Å²) in [6.45, 7) is 2.08. The molecule has 0 atom stereocenters. The van der Waals surface area contributed by atoms with E-state index >= 15 is 0 Å². The molecule has 0 unspecified atom stereocenters. The van der Waals surface area contributed by atoms with Crippen LogP contribution in [0.3, 0.4) is 0 Å². The monoisotopic (exact) mass is 265 g/mol. The second kappa shape index (κ2) is 6.18. The molecular weight excluding hydrogens is 246 g/mol. The lowest BCUT2D eigenvalue weighted by Crippen LogP contribution is -1.87. The number of aryl methyl sites for hydroxylation is 1. The van der Waals surface area contributed by atoms with Crippen LogP contribution in [0.5, 0.6) is 0 Å². The van der Waals surface area contributed by atoms with E-state index in [1.54, 1.807) is 11.8 Å². The molecule has 0 aliphatic carbocycles. The Labute approximate surface area is 110 Å². The minimum Gasteiger partial charge on any atom is -0.250 e. The predicted octanol–water partition coefficient (Wildman–Crippen LogP) is 4.02. The highest BCUT2D eigenvalue weighted by Crippen LogP contribution is 2.32. The maximum absolute atomic E-state index is 4.33. The molecule has 1 rings (SSSR count). The summed E-state index contributed by atoms with van der Waals surface area (Å²) in [5, 5.41) is 3.33. The van der Waals surface area contributed by atoms with Gasteiger partial charge in [0.05, 0.1) is 11.2 Å². The summed E-state index contributed by atoms with van der Waals surface area (Å²) in [6, 6.07) is 6.15. The summed E-state index contributed by atoms with van der Waals surface area (Å²) in [4.78, 5) is 4.33. The third kappa shape index (κ3) is 5.34. The van der Waals surface area contributed by atoms with Crippen LogP contribution in [0, 0.1) is 18.1 Å². The molecule has 1 aromatic rings. The van der Waals surface area contributed by atoms with Crippen molar-refractivity contribution in [1.29, 1.82) is 0 Å². The van der Waals surface area contributed by atoms with Gasteiger partial charge in [0, 0.05) is 5.56 Å². The zero-order valence-electron chi connectivity index (χ0n) is 11.1. The Morgan fingerprint density at radius 2 is 2.00 bits per heavy atom. The molecule has 0 aliphatic heterocycles. The van der Waals surface area contributed by atoms with Crippen LogP contribution in [-0.2, 0) is 0 Å². The fourth-order valence-corrected chi connectivity index (χ4v) is 1.83. The molecule has 0 aliphatic rings. The fourth-order valence-electron chi connectivity index (χ4n) is 1.19. The summed E-state index contributed by atoms with van der Waals surface area (Å²) in [7, 11) is -0.757. The molecular formula is C14H19NS2. The third-order valence-corrected chi connectivity index (χ3v) is 3.04. The van der Waals surface area contributed by atoms with Gasteiger partial charge >= 0.3 is 0 Å². The number of rotatable bonds is 2. The fraction of sp³-hybridized carbons (Fsp3) is 0.357. The summed E-state index contributed by atoms with van der Waals surface area (Å²) in [6.07, 6.45) is 8.60. The highest BCUT2D eigenvalue weighted by Gasteiger charge is 1.99. The zero-order valence-corrected chi connectivity index (χ0v) is 12.7. The molecule has 92 valence electrons. The normalized spacial score (nSPS) is 12.3. The number of aliphatic imine (C=N–C) groups is 1. The lowest BCUT2D eigenvalue weighted by molar-refractivity contribution is 1.41. The maximum Gasteiger partial charge on any atom is 0.0639 e. The number of thioether (sulfide) groups is 1. The summed E-state index contributed by atoms with van der Waals surface area (Å²) >= 11 is 1.60. The Morgan fingerprint density at radius 1 is 1.29 bits per heavy atom. The van der Waals surface area contributed by atoms with E-state index in [1.807, 2.05) is 17.9 Å². The Bertz CT molecular complexity index is 473. The van der Waals surface area contributed by atoms with Crippen LogP contribution in [0.25, 0.3) is 0 Å². The zero-order chi connectivity index (χ0) is 12.9. The molecule has 0 saturated heterocycles. The lowest BCUT2D eigenvalue weighted by Gasteiger charge is -2.15. The summed E-state index contributed by atoms with van der Waals surface area (Å²) in [5.41, 5.74) is 5.14. The van der Waals surface area contributed by atoms with E-state index in [0.29, 0.717) is 0 Å². The molecule has 0 N–H and O–H groups in total. The van der Waals surface area contributed by atoms with Gasteiger partial charge in [-0.15, -0.1) is 11.8 Å². The molecule has 0 spiro atoms. The molecule has 0 radical (unpaired) electrons. The third-order valence-electron chi connectivity index (χ3n) is 2.01. The first-order chi connectivity index (χ1) is 7.92. The largest absolute Gasteiger partial charge is 0.250 e. The first-order valence-corrected chi connectivity index (χ1v) is 9.44. The van der Waals surface area contributed by atoms with E-state index in [0.717, 1.165) is 11.3 Å². The van der Waals surface area contributed by atoms with Crippen molar-refractivity contribution >= 4 is 33.0 Å². The van der Waals surface area contributed by atoms with Gasteiger partial charge in [-0.3, -0.25) is 4.99 Å². The average Bonchev–Trinajstić information content (AvgIpc) is 2.23. The standard InChI is InChI=1S/C14H19NS2/c1-12-10-14(15-11-16-2)7-6-13(12)8-9-17(3,4)5/h6-7,10-11H,1-5H3/b15-11+. The van der Waals surface area contributed by atoms with Gasteiger partial charge in [0.15, 0.2) is 0 Å². The molecule has 0 heterocycles. The van der Waals surface area contributed by atoms with Gasteiger partial charge in [-0.2, -0.15) is 10.0 Å². The predicted molar refractivity (Wildman–Crippen MR) is 85.1 cm³/mol. The van der Waals surface area contributed by atoms with E-state index in [2.05, 4.69) is 54.0 Å². The number of hydrogen-bond acceptors (Lipinski definition) is 2. The Morgan fingerprint density at radius 3 is 2.53 bits per heavy atom. The average molecular weight is 265 g/mol. The Hall–Kier alpha value is -0.850. The van der Waals surface area contributed by atoms with E-state index < -0.39 is 10.0 Å². The molecule has 17 heavy (non-hydrogen) atoms. The van der Waals surface area contributed by atoms with Crippen molar-refractivity contribution in [3.63, 3.8) is 0 Å². The number of hydrogen-bond donors (Lipinski definition) is 0. The molecule has 3 heteroatoms. The summed E-state index contributed by atoms with van der Waals surface area (Å²) in [5.74, 6) is 3.27. The van der Waals surface area contributed by atoms with Gasteiger partial charge in [0.25, 0.3) is 0 Å². The molecule has 1 aromatic carbocycles. The van der Waals surface area contributed by atoms with Crippen molar-refractivity contribution in [2.75, 3.05) is 25.0 Å². The van der Waals surface area contributed by atoms with Crippen LogP contribution >= 0.6 is 21.8 Å². The lowest BCUT2D eigenvalue weighted by atomic mass is 10.1. The van der Waals surface area contributed by atoms with E-state index in [9.17, 15) is 0 Å². The van der Waals surface area contributed by atoms with Crippen LogP contribution in [0.2, 0.25) is 0 Å². The van der Waals surface area contributed by atoms with Crippen molar-refractivity contribution in [3.8, 4) is 11.2 Å². The molecule has 0 amide bonds. The van der Waals surface area contributed by atoms with Gasteiger partial charge in [0.1, 0.15) is 0 Å².